The van der Waals surface area contributed by atoms with Crippen molar-refractivity contribution in [1.82, 2.24) is 15.1 Å². The highest BCUT2D eigenvalue weighted by molar-refractivity contribution is 5.96. The lowest BCUT2D eigenvalue weighted by atomic mass is 10.1. The van der Waals surface area contributed by atoms with Crippen LogP contribution in [0.2, 0.25) is 0 Å². The van der Waals surface area contributed by atoms with Crippen molar-refractivity contribution >= 4 is 11.9 Å². The number of hydrogen-bond acceptors (Lipinski definition) is 6. The molecule has 0 saturated carbocycles. The Balaban J connectivity index is 1.54. The van der Waals surface area contributed by atoms with E-state index in [0.29, 0.717) is 11.3 Å². The van der Waals surface area contributed by atoms with Gasteiger partial charge in [0.25, 0.3) is 5.91 Å². The molecule has 3 rings (SSSR count). The molecule has 2 aromatic rings. The molecule has 1 fully saturated rings. The van der Waals surface area contributed by atoms with E-state index in [1.165, 1.54) is 19.1 Å². The van der Waals surface area contributed by atoms with Gasteiger partial charge < -0.3 is 24.8 Å². The van der Waals surface area contributed by atoms with Crippen molar-refractivity contribution in [2.24, 2.45) is 0 Å². The number of hydrogen-bond donors (Lipinski definition) is 3. The number of likely N-dealkylation sites (N-methyl/N-ethyl adjacent to an activating group) is 1. The number of piperazine rings is 1. The highest BCUT2D eigenvalue weighted by Gasteiger charge is 2.25. The first-order chi connectivity index (χ1) is 15.8. The van der Waals surface area contributed by atoms with Crippen molar-refractivity contribution in [2.45, 2.75) is 25.6 Å². The fourth-order valence-electron chi connectivity index (χ4n) is 3.27. The number of benzene rings is 1. The molecule has 1 aromatic heterocycles. The number of aliphatic hydroxyl groups excluding tert-OH is 1. The van der Waals surface area contributed by atoms with Gasteiger partial charge in [-0.05, 0) is 68.1 Å². The molecule has 8 nitrogen and oxygen atoms in total. The predicted molar refractivity (Wildman–Crippen MR) is 122 cm³/mol. The van der Waals surface area contributed by atoms with Crippen LogP contribution < -0.4 is 5.32 Å². The Morgan fingerprint density at radius 3 is 2.36 bits per heavy atom. The molecular formula is C25H27N3O5. The summed E-state index contributed by atoms with van der Waals surface area (Å²) in [6.45, 7) is 6.22. The monoisotopic (exact) mass is 449 g/mol. The van der Waals surface area contributed by atoms with Gasteiger partial charge in [-0.3, -0.25) is 9.69 Å². The fourth-order valence-corrected chi connectivity index (χ4v) is 3.27. The van der Waals surface area contributed by atoms with E-state index in [4.69, 9.17) is 9.52 Å². The van der Waals surface area contributed by atoms with Crippen LogP contribution in [0.5, 0.6) is 0 Å². The number of carboxylic acids is 1. The second-order valence-corrected chi connectivity index (χ2v) is 7.95. The number of carbonyl (C=O) groups excluding carboxylic acids is 1. The molecule has 1 saturated heterocycles. The molecule has 1 aliphatic heterocycles. The summed E-state index contributed by atoms with van der Waals surface area (Å²) in [4.78, 5) is 27.9. The van der Waals surface area contributed by atoms with Gasteiger partial charge in [-0.2, -0.15) is 0 Å². The maximum absolute atomic E-state index is 12.2. The van der Waals surface area contributed by atoms with Crippen molar-refractivity contribution in [3.63, 3.8) is 0 Å². The van der Waals surface area contributed by atoms with Crippen molar-refractivity contribution in [3.8, 4) is 23.7 Å². The molecule has 0 radical (unpaired) electrons. The van der Waals surface area contributed by atoms with Crippen LogP contribution in [0, 0.1) is 23.7 Å². The summed E-state index contributed by atoms with van der Waals surface area (Å²) >= 11 is 0. The van der Waals surface area contributed by atoms with Gasteiger partial charge >= 0.3 is 5.97 Å². The number of amides is 1. The summed E-state index contributed by atoms with van der Waals surface area (Å²) in [6, 6.07) is 8.74. The molecule has 0 bridgehead atoms. The molecule has 2 atom stereocenters. The van der Waals surface area contributed by atoms with Gasteiger partial charge in [-0.15, -0.1) is 0 Å². The summed E-state index contributed by atoms with van der Waals surface area (Å²) in [7, 11) is 2.13. The van der Waals surface area contributed by atoms with Crippen molar-refractivity contribution < 1.29 is 24.2 Å². The third kappa shape index (κ3) is 7.23. The van der Waals surface area contributed by atoms with Crippen LogP contribution in [0.3, 0.4) is 0 Å². The highest BCUT2D eigenvalue weighted by Crippen LogP contribution is 2.11. The molecule has 0 spiro atoms. The van der Waals surface area contributed by atoms with Gasteiger partial charge in [-0.1, -0.05) is 5.92 Å². The maximum Gasteiger partial charge on any atom is 0.328 e. The molecule has 1 aromatic carbocycles. The lowest BCUT2D eigenvalue weighted by Gasteiger charge is -2.31. The quantitative estimate of drug-likeness (QED) is 0.565. The van der Waals surface area contributed by atoms with E-state index in [1.54, 1.807) is 12.1 Å². The Labute approximate surface area is 193 Å². The topological polar surface area (TPSA) is 106 Å². The van der Waals surface area contributed by atoms with E-state index in [9.17, 15) is 14.7 Å². The van der Waals surface area contributed by atoms with Crippen LogP contribution in [0.15, 0.2) is 40.8 Å². The van der Waals surface area contributed by atoms with E-state index in [2.05, 4.69) is 45.8 Å². The third-order valence-electron chi connectivity index (χ3n) is 5.27. The summed E-state index contributed by atoms with van der Waals surface area (Å²) in [5.41, 5.74) is 0.920. The van der Waals surface area contributed by atoms with Gasteiger partial charge in [0.05, 0.1) is 12.6 Å². The number of aliphatic hydroxyl groups is 1. The largest absolute Gasteiger partial charge is 0.480 e. The predicted octanol–water partition coefficient (Wildman–Crippen LogP) is 0.994. The zero-order valence-electron chi connectivity index (χ0n) is 18.7. The van der Waals surface area contributed by atoms with E-state index >= 15 is 0 Å². The molecule has 8 heteroatoms. The van der Waals surface area contributed by atoms with Gasteiger partial charge in [0, 0.05) is 37.3 Å². The second-order valence-electron chi connectivity index (χ2n) is 7.95. The number of nitrogens with zero attached hydrogens (tertiary/aromatic N) is 2. The lowest BCUT2D eigenvalue weighted by molar-refractivity contribution is -0.141. The first-order valence-electron chi connectivity index (χ1n) is 10.7. The Morgan fingerprint density at radius 2 is 1.73 bits per heavy atom. The Bertz CT molecular complexity index is 1090. The fraction of sp³-hybridized carbons (Fsp3) is 0.360. The smallest absolute Gasteiger partial charge is 0.328 e. The Kier molecular flexibility index (Phi) is 8.28. The van der Waals surface area contributed by atoms with Crippen molar-refractivity contribution in [3.05, 3.63) is 59.0 Å². The summed E-state index contributed by atoms with van der Waals surface area (Å²) in [6.07, 6.45) is -1.22. The van der Waals surface area contributed by atoms with E-state index in [-0.39, 0.29) is 5.56 Å². The zero-order valence-corrected chi connectivity index (χ0v) is 18.7. The first kappa shape index (κ1) is 24.1. The molecule has 3 N–H and O–H groups in total. The number of aliphatic carboxylic acids is 1. The third-order valence-corrected chi connectivity index (χ3v) is 5.27. The van der Waals surface area contributed by atoms with E-state index < -0.39 is 24.0 Å². The van der Waals surface area contributed by atoms with Gasteiger partial charge in [-0.25, -0.2) is 4.79 Å². The first-order valence-corrected chi connectivity index (χ1v) is 10.7. The van der Waals surface area contributed by atoms with Crippen LogP contribution >= 0.6 is 0 Å². The van der Waals surface area contributed by atoms with Crippen LogP contribution in [0.25, 0.3) is 0 Å². The van der Waals surface area contributed by atoms with Crippen molar-refractivity contribution in [2.75, 3.05) is 33.2 Å². The van der Waals surface area contributed by atoms with Gasteiger partial charge in [0.2, 0.25) is 0 Å². The van der Waals surface area contributed by atoms with E-state index in [0.717, 1.165) is 38.5 Å². The van der Waals surface area contributed by atoms with Crippen LogP contribution in [0.1, 0.15) is 34.4 Å². The molecule has 33 heavy (non-hydrogen) atoms. The van der Waals surface area contributed by atoms with E-state index in [1.807, 2.05) is 12.1 Å². The SMILES string of the molecule is C[C@@H](O)[C@H](NC(=O)c1ccc(C#CC#Cc2ccc(CN3CCN(C)CC3)o2)cc1)C(=O)O. The highest BCUT2D eigenvalue weighted by atomic mass is 16.4. The summed E-state index contributed by atoms with van der Waals surface area (Å²) in [5, 5.41) is 20.8. The number of carboxylic acid groups (broad SMARTS) is 1. The molecular weight excluding hydrogens is 422 g/mol. The molecule has 172 valence electrons. The van der Waals surface area contributed by atoms with Crippen molar-refractivity contribution in [1.29, 1.82) is 0 Å². The minimum atomic E-state index is -1.38. The average molecular weight is 450 g/mol. The number of rotatable bonds is 6. The molecule has 0 aliphatic carbocycles. The van der Waals surface area contributed by atoms with Crippen LogP contribution in [0.4, 0.5) is 0 Å². The van der Waals surface area contributed by atoms with Crippen LogP contribution in [-0.4, -0.2) is 77.3 Å². The number of nitrogens with one attached hydrogen (secondary N) is 1. The van der Waals surface area contributed by atoms with Gasteiger partial charge in [0.1, 0.15) is 5.76 Å². The molecule has 1 amide bonds. The number of furan rings is 1. The minimum Gasteiger partial charge on any atom is -0.480 e. The molecule has 0 unspecified atom stereocenters. The summed E-state index contributed by atoms with van der Waals surface area (Å²) < 4.78 is 5.77. The van der Waals surface area contributed by atoms with Crippen LogP contribution in [-0.2, 0) is 11.3 Å². The van der Waals surface area contributed by atoms with Gasteiger partial charge in [0.15, 0.2) is 11.8 Å². The molecule has 1 aliphatic rings. The Morgan fingerprint density at radius 1 is 1.06 bits per heavy atom. The molecule has 2 heterocycles. The second kappa shape index (κ2) is 11.3. The maximum atomic E-state index is 12.2. The summed E-state index contributed by atoms with van der Waals surface area (Å²) in [5.74, 6) is 10.9. The lowest BCUT2D eigenvalue weighted by Crippen LogP contribution is -2.47. The zero-order chi connectivity index (χ0) is 23.8. The minimum absolute atomic E-state index is 0.266. The normalized spacial score (nSPS) is 16.0. The average Bonchev–Trinajstić information content (AvgIpc) is 3.23. The Hall–Kier alpha value is -3.56. The number of carbonyl (C=O) groups is 2. The standard InChI is InChI=1S/C25H27N3O5/c1-18(29)23(25(31)32)26-24(30)20-9-7-19(8-10-20)5-3-4-6-21-11-12-22(33-21)17-28-15-13-27(2)14-16-28/h7-12,18,23,29H,13-17H2,1-2H3,(H,26,30)(H,31,32)/t18-,23+/m1/s1.